The Morgan fingerprint density at radius 2 is 1.95 bits per heavy atom. The van der Waals surface area contributed by atoms with Crippen LogP contribution in [0.5, 0.6) is 0 Å². The summed E-state index contributed by atoms with van der Waals surface area (Å²) in [5.74, 6) is 0. The highest BCUT2D eigenvalue weighted by molar-refractivity contribution is 6.30. The SMILES string of the molecule is Cc1cccc(NC(=O)NC(CO)c2ccc(Cl)cc2)c1. The minimum Gasteiger partial charge on any atom is -0.394 e. The van der Waals surface area contributed by atoms with Gasteiger partial charge in [-0.05, 0) is 42.3 Å². The van der Waals surface area contributed by atoms with Gasteiger partial charge in [-0.3, -0.25) is 0 Å². The van der Waals surface area contributed by atoms with Crippen LogP contribution in [-0.2, 0) is 0 Å². The molecule has 0 radical (unpaired) electrons. The van der Waals surface area contributed by atoms with Crippen LogP contribution in [0, 0.1) is 6.92 Å². The van der Waals surface area contributed by atoms with E-state index in [1.165, 1.54) is 0 Å². The molecule has 1 unspecified atom stereocenters. The van der Waals surface area contributed by atoms with E-state index in [-0.39, 0.29) is 12.6 Å². The van der Waals surface area contributed by atoms with Gasteiger partial charge in [-0.2, -0.15) is 0 Å². The number of aryl methyl sites for hydroxylation is 1. The number of carbonyl (C=O) groups is 1. The Hall–Kier alpha value is -2.04. The maximum atomic E-state index is 12.0. The van der Waals surface area contributed by atoms with Gasteiger partial charge in [-0.1, -0.05) is 35.9 Å². The van der Waals surface area contributed by atoms with E-state index in [9.17, 15) is 9.90 Å². The molecule has 0 fully saturated rings. The van der Waals surface area contributed by atoms with Gasteiger partial charge < -0.3 is 15.7 Å². The molecule has 0 aliphatic carbocycles. The Bertz CT molecular complexity index is 614. The number of urea groups is 1. The van der Waals surface area contributed by atoms with E-state index in [0.717, 1.165) is 11.1 Å². The molecule has 110 valence electrons. The normalized spacial score (nSPS) is 11.8. The summed E-state index contributed by atoms with van der Waals surface area (Å²) in [7, 11) is 0. The van der Waals surface area contributed by atoms with Crippen molar-refractivity contribution in [1.82, 2.24) is 5.32 Å². The predicted molar refractivity (Wildman–Crippen MR) is 84.6 cm³/mol. The van der Waals surface area contributed by atoms with Crippen LogP contribution in [0.1, 0.15) is 17.2 Å². The fourth-order valence-electron chi connectivity index (χ4n) is 1.98. The van der Waals surface area contributed by atoms with Gasteiger partial charge in [0.25, 0.3) is 0 Å². The van der Waals surface area contributed by atoms with Crippen LogP contribution >= 0.6 is 11.6 Å². The molecular formula is C16H17ClN2O2. The summed E-state index contributed by atoms with van der Waals surface area (Å²) in [6, 6.07) is 13.6. The minimum absolute atomic E-state index is 0.192. The average Bonchev–Trinajstić information content (AvgIpc) is 2.46. The highest BCUT2D eigenvalue weighted by Gasteiger charge is 2.13. The predicted octanol–water partition coefficient (Wildman–Crippen LogP) is 3.50. The van der Waals surface area contributed by atoms with E-state index in [2.05, 4.69) is 10.6 Å². The number of amides is 2. The summed E-state index contributed by atoms with van der Waals surface area (Å²) in [4.78, 5) is 12.0. The second kappa shape index (κ2) is 7.11. The molecule has 0 aromatic heterocycles. The zero-order chi connectivity index (χ0) is 15.2. The Morgan fingerprint density at radius 1 is 1.24 bits per heavy atom. The Morgan fingerprint density at radius 3 is 2.57 bits per heavy atom. The zero-order valence-electron chi connectivity index (χ0n) is 11.6. The smallest absolute Gasteiger partial charge is 0.319 e. The lowest BCUT2D eigenvalue weighted by Crippen LogP contribution is -2.34. The number of hydrogen-bond donors (Lipinski definition) is 3. The molecule has 3 N–H and O–H groups in total. The van der Waals surface area contributed by atoms with Crippen LogP contribution < -0.4 is 10.6 Å². The van der Waals surface area contributed by atoms with E-state index in [4.69, 9.17) is 11.6 Å². The van der Waals surface area contributed by atoms with Crippen molar-refractivity contribution in [3.8, 4) is 0 Å². The second-order valence-corrected chi connectivity index (χ2v) is 5.19. The number of benzene rings is 2. The summed E-state index contributed by atoms with van der Waals surface area (Å²) < 4.78 is 0. The summed E-state index contributed by atoms with van der Waals surface area (Å²) in [6.07, 6.45) is 0. The molecule has 0 heterocycles. The van der Waals surface area contributed by atoms with Gasteiger partial charge in [0.1, 0.15) is 0 Å². The highest BCUT2D eigenvalue weighted by atomic mass is 35.5. The zero-order valence-corrected chi connectivity index (χ0v) is 12.4. The van der Waals surface area contributed by atoms with Crippen molar-refractivity contribution >= 4 is 23.3 Å². The number of anilines is 1. The van der Waals surface area contributed by atoms with Crippen LogP contribution in [0.25, 0.3) is 0 Å². The average molecular weight is 305 g/mol. The van der Waals surface area contributed by atoms with Crippen LogP contribution in [0.4, 0.5) is 10.5 Å². The van der Waals surface area contributed by atoms with E-state index in [0.29, 0.717) is 10.7 Å². The maximum Gasteiger partial charge on any atom is 0.319 e. The molecule has 0 saturated carbocycles. The van der Waals surface area contributed by atoms with Gasteiger partial charge in [-0.15, -0.1) is 0 Å². The van der Waals surface area contributed by atoms with Crippen LogP contribution in [0.3, 0.4) is 0 Å². The molecule has 0 bridgehead atoms. The number of aliphatic hydroxyl groups is 1. The standard InChI is InChI=1S/C16H17ClN2O2/c1-11-3-2-4-14(9-11)18-16(21)19-15(10-20)12-5-7-13(17)8-6-12/h2-9,15,20H,10H2,1H3,(H2,18,19,21). The first-order valence-corrected chi connectivity index (χ1v) is 6.97. The summed E-state index contributed by atoms with van der Waals surface area (Å²) in [6.45, 7) is 1.76. The Kier molecular flexibility index (Phi) is 5.20. The largest absolute Gasteiger partial charge is 0.394 e. The van der Waals surface area contributed by atoms with Gasteiger partial charge >= 0.3 is 6.03 Å². The van der Waals surface area contributed by atoms with E-state index >= 15 is 0 Å². The molecule has 5 heteroatoms. The van der Waals surface area contributed by atoms with Gasteiger partial charge in [0, 0.05) is 10.7 Å². The summed E-state index contributed by atoms with van der Waals surface area (Å²) in [5.41, 5.74) is 2.56. The molecule has 2 rings (SSSR count). The number of hydrogen-bond acceptors (Lipinski definition) is 2. The number of nitrogens with one attached hydrogen (secondary N) is 2. The van der Waals surface area contributed by atoms with Crippen molar-refractivity contribution in [2.24, 2.45) is 0 Å². The second-order valence-electron chi connectivity index (χ2n) is 4.75. The Balaban J connectivity index is 2.01. The number of aliphatic hydroxyl groups excluding tert-OH is 1. The van der Waals surface area contributed by atoms with Gasteiger partial charge in [0.15, 0.2) is 0 Å². The van der Waals surface area contributed by atoms with Crippen LogP contribution in [0.15, 0.2) is 48.5 Å². The van der Waals surface area contributed by atoms with Crippen molar-refractivity contribution < 1.29 is 9.90 Å². The van der Waals surface area contributed by atoms with Crippen molar-refractivity contribution in [3.63, 3.8) is 0 Å². The molecule has 0 spiro atoms. The van der Waals surface area contributed by atoms with Crippen molar-refractivity contribution in [1.29, 1.82) is 0 Å². The van der Waals surface area contributed by atoms with Crippen LogP contribution in [0.2, 0.25) is 5.02 Å². The molecule has 2 amide bonds. The van der Waals surface area contributed by atoms with Crippen molar-refractivity contribution in [3.05, 3.63) is 64.7 Å². The molecule has 1 atom stereocenters. The lowest BCUT2D eigenvalue weighted by molar-refractivity contribution is 0.225. The van der Waals surface area contributed by atoms with Gasteiger partial charge in [0.05, 0.1) is 12.6 Å². The lowest BCUT2D eigenvalue weighted by Gasteiger charge is -2.17. The quantitative estimate of drug-likeness (QED) is 0.809. The Labute approximate surface area is 128 Å². The van der Waals surface area contributed by atoms with Crippen molar-refractivity contribution in [2.45, 2.75) is 13.0 Å². The molecule has 21 heavy (non-hydrogen) atoms. The molecule has 0 aliphatic heterocycles. The van der Waals surface area contributed by atoms with E-state index in [1.54, 1.807) is 24.3 Å². The third-order valence-electron chi connectivity index (χ3n) is 3.04. The number of halogens is 1. The topological polar surface area (TPSA) is 61.4 Å². The molecule has 4 nitrogen and oxygen atoms in total. The fraction of sp³-hybridized carbons (Fsp3) is 0.188. The van der Waals surface area contributed by atoms with E-state index in [1.807, 2.05) is 31.2 Å². The van der Waals surface area contributed by atoms with E-state index < -0.39 is 6.04 Å². The van der Waals surface area contributed by atoms with Crippen LogP contribution in [-0.4, -0.2) is 17.7 Å². The lowest BCUT2D eigenvalue weighted by atomic mass is 10.1. The first-order valence-electron chi connectivity index (χ1n) is 6.59. The third kappa shape index (κ3) is 4.48. The van der Waals surface area contributed by atoms with Gasteiger partial charge in [0.2, 0.25) is 0 Å². The van der Waals surface area contributed by atoms with Crippen molar-refractivity contribution in [2.75, 3.05) is 11.9 Å². The number of carbonyl (C=O) groups excluding carboxylic acids is 1. The first kappa shape index (κ1) is 15.4. The maximum absolute atomic E-state index is 12.0. The molecule has 2 aromatic carbocycles. The molecule has 2 aromatic rings. The van der Waals surface area contributed by atoms with Gasteiger partial charge in [-0.25, -0.2) is 4.79 Å². The minimum atomic E-state index is -0.480. The highest BCUT2D eigenvalue weighted by Crippen LogP contribution is 2.16. The monoisotopic (exact) mass is 304 g/mol. The number of rotatable bonds is 4. The first-order chi connectivity index (χ1) is 10.1. The summed E-state index contributed by atoms with van der Waals surface area (Å²) in [5, 5.41) is 15.5. The third-order valence-corrected chi connectivity index (χ3v) is 3.29. The molecule has 0 aliphatic rings. The summed E-state index contributed by atoms with van der Waals surface area (Å²) >= 11 is 5.83. The molecule has 0 saturated heterocycles. The molecular weight excluding hydrogens is 288 g/mol. The fourth-order valence-corrected chi connectivity index (χ4v) is 2.10.